The summed E-state index contributed by atoms with van der Waals surface area (Å²) in [5, 5.41) is 17.0. The number of nitrogens with zero attached hydrogens (tertiary/aromatic N) is 3. The van der Waals surface area contributed by atoms with Gasteiger partial charge in [0.1, 0.15) is 6.54 Å². The summed E-state index contributed by atoms with van der Waals surface area (Å²) in [5.41, 5.74) is 0. The molecule has 5 nitrogen and oxygen atoms in total. The predicted octanol–water partition coefficient (Wildman–Crippen LogP) is 0.869. The lowest BCUT2D eigenvalue weighted by Crippen LogP contribution is -2.25. The summed E-state index contributed by atoms with van der Waals surface area (Å²) in [6.07, 6.45) is 2.68. The molecule has 0 aliphatic carbocycles. The Hall–Kier alpha value is -1.57. The standard InChI is InChI=1S/C10H15N3O2/c11-5-8-13-7-2-3-9(13)12-6-1-4-10(14)15/h1-4,6-8H2,(H,14,15). The maximum atomic E-state index is 10.3. The Morgan fingerprint density at radius 2 is 2.47 bits per heavy atom. The third-order valence-corrected chi connectivity index (χ3v) is 2.30. The summed E-state index contributed by atoms with van der Waals surface area (Å²) in [7, 11) is 0. The SMILES string of the molecule is N#CCN1CCCC1=NCCCC(=O)O. The number of nitriles is 1. The average molecular weight is 209 g/mol. The summed E-state index contributed by atoms with van der Waals surface area (Å²) in [5.74, 6) is 0.178. The third-order valence-electron chi connectivity index (χ3n) is 2.30. The number of carboxylic acids is 1. The Morgan fingerprint density at radius 1 is 1.67 bits per heavy atom. The minimum absolute atomic E-state index is 0.162. The number of rotatable bonds is 5. The van der Waals surface area contributed by atoms with Gasteiger partial charge in [0.05, 0.1) is 11.9 Å². The second-order valence-electron chi connectivity index (χ2n) is 3.48. The van der Waals surface area contributed by atoms with Crippen LogP contribution >= 0.6 is 0 Å². The smallest absolute Gasteiger partial charge is 0.303 e. The van der Waals surface area contributed by atoms with E-state index >= 15 is 0 Å². The molecule has 0 spiro atoms. The molecule has 1 saturated heterocycles. The first-order valence-electron chi connectivity index (χ1n) is 5.11. The van der Waals surface area contributed by atoms with Gasteiger partial charge in [0.25, 0.3) is 0 Å². The van der Waals surface area contributed by atoms with Gasteiger partial charge in [0.2, 0.25) is 0 Å². The minimum Gasteiger partial charge on any atom is -0.481 e. The van der Waals surface area contributed by atoms with Gasteiger partial charge in [-0.25, -0.2) is 0 Å². The predicted molar refractivity (Wildman–Crippen MR) is 55.6 cm³/mol. The molecule has 1 fully saturated rings. The first kappa shape index (κ1) is 11.5. The fraction of sp³-hybridized carbons (Fsp3) is 0.700. The monoisotopic (exact) mass is 209 g/mol. The molecule has 82 valence electrons. The molecule has 0 aromatic carbocycles. The van der Waals surface area contributed by atoms with E-state index in [1.807, 2.05) is 4.90 Å². The lowest BCUT2D eigenvalue weighted by atomic mass is 10.3. The Balaban J connectivity index is 2.31. The van der Waals surface area contributed by atoms with Crippen LogP contribution < -0.4 is 0 Å². The zero-order valence-corrected chi connectivity index (χ0v) is 8.65. The molecule has 0 bridgehead atoms. The second-order valence-corrected chi connectivity index (χ2v) is 3.48. The van der Waals surface area contributed by atoms with Crippen LogP contribution in [-0.2, 0) is 4.79 Å². The van der Waals surface area contributed by atoms with Crippen LogP contribution in [0.15, 0.2) is 4.99 Å². The van der Waals surface area contributed by atoms with E-state index in [2.05, 4.69) is 11.1 Å². The van der Waals surface area contributed by atoms with Gasteiger partial charge in [-0.15, -0.1) is 0 Å². The van der Waals surface area contributed by atoms with Gasteiger partial charge in [0.15, 0.2) is 0 Å². The molecule has 1 rings (SSSR count). The van der Waals surface area contributed by atoms with E-state index in [0.717, 1.165) is 25.2 Å². The van der Waals surface area contributed by atoms with Gasteiger partial charge in [-0.05, 0) is 12.8 Å². The van der Waals surface area contributed by atoms with Crippen molar-refractivity contribution in [2.45, 2.75) is 25.7 Å². The molecule has 15 heavy (non-hydrogen) atoms. The summed E-state index contributed by atoms with van der Waals surface area (Å²) >= 11 is 0. The normalized spacial score (nSPS) is 18.1. The van der Waals surface area contributed by atoms with Gasteiger partial charge in [-0.1, -0.05) is 0 Å². The van der Waals surface area contributed by atoms with Crippen molar-refractivity contribution in [1.29, 1.82) is 5.26 Å². The quantitative estimate of drug-likeness (QED) is 0.538. The van der Waals surface area contributed by atoms with Crippen LogP contribution in [0.1, 0.15) is 25.7 Å². The minimum atomic E-state index is -0.782. The topological polar surface area (TPSA) is 76.7 Å². The van der Waals surface area contributed by atoms with Crippen molar-refractivity contribution in [2.24, 2.45) is 4.99 Å². The van der Waals surface area contributed by atoms with E-state index in [4.69, 9.17) is 10.4 Å². The molecule has 1 heterocycles. The van der Waals surface area contributed by atoms with Crippen molar-refractivity contribution in [1.82, 2.24) is 4.90 Å². The number of aliphatic carboxylic acids is 1. The van der Waals surface area contributed by atoms with Crippen LogP contribution in [-0.4, -0.2) is 41.4 Å². The van der Waals surface area contributed by atoms with Crippen molar-refractivity contribution < 1.29 is 9.90 Å². The van der Waals surface area contributed by atoms with Gasteiger partial charge < -0.3 is 10.0 Å². The van der Waals surface area contributed by atoms with Crippen LogP contribution in [0.3, 0.4) is 0 Å². The summed E-state index contributed by atoms with van der Waals surface area (Å²) in [6.45, 7) is 1.83. The second kappa shape index (κ2) is 6.02. The molecule has 1 aliphatic heterocycles. The maximum absolute atomic E-state index is 10.3. The van der Waals surface area contributed by atoms with E-state index in [-0.39, 0.29) is 6.42 Å². The first-order chi connectivity index (χ1) is 7.24. The van der Waals surface area contributed by atoms with Crippen LogP contribution in [0.5, 0.6) is 0 Å². The number of carboxylic acid groups (broad SMARTS) is 1. The Bertz CT molecular complexity index is 294. The molecule has 0 radical (unpaired) electrons. The van der Waals surface area contributed by atoms with Gasteiger partial charge in [-0.3, -0.25) is 9.79 Å². The molecule has 1 aliphatic rings. The zero-order valence-electron chi connectivity index (χ0n) is 8.65. The fourth-order valence-electron chi connectivity index (χ4n) is 1.59. The highest BCUT2D eigenvalue weighted by Crippen LogP contribution is 2.11. The van der Waals surface area contributed by atoms with Crippen molar-refractivity contribution in [3.63, 3.8) is 0 Å². The van der Waals surface area contributed by atoms with Crippen molar-refractivity contribution >= 4 is 11.8 Å². The van der Waals surface area contributed by atoms with Crippen LogP contribution in [0.2, 0.25) is 0 Å². The lowest BCUT2D eigenvalue weighted by molar-refractivity contribution is -0.137. The van der Waals surface area contributed by atoms with E-state index < -0.39 is 5.97 Å². The molecular weight excluding hydrogens is 194 g/mol. The van der Waals surface area contributed by atoms with Crippen molar-refractivity contribution in [2.75, 3.05) is 19.6 Å². The van der Waals surface area contributed by atoms with Crippen LogP contribution in [0, 0.1) is 11.3 Å². The number of hydrogen-bond acceptors (Lipinski definition) is 3. The number of likely N-dealkylation sites (tertiary alicyclic amines) is 1. The van der Waals surface area contributed by atoms with Gasteiger partial charge in [0, 0.05) is 25.9 Å². The van der Waals surface area contributed by atoms with E-state index in [9.17, 15) is 4.79 Å². The van der Waals surface area contributed by atoms with Crippen LogP contribution in [0.25, 0.3) is 0 Å². The number of hydrogen-bond donors (Lipinski definition) is 1. The Morgan fingerprint density at radius 3 is 3.13 bits per heavy atom. The lowest BCUT2D eigenvalue weighted by Gasteiger charge is -2.13. The summed E-state index contributed by atoms with van der Waals surface area (Å²) < 4.78 is 0. The molecule has 0 atom stereocenters. The van der Waals surface area contributed by atoms with Crippen molar-refractivity contribution in [3.05, 3.63) is 0 Å². The van der Waals surface area contributed by atoms with Gasteiger partial charge >= 0.3 is 5.97 Å². The highest BCUT2D eigenvalue weighted by atomic mass is 16.4. The average Bonchev–Trinajstić information content (AvgIpc) is 2.61. The third kappa shape index (κ3) is 3.98. The highest BCUT2D eigenvalue weighted by molar-refractivity contribution is 5.84. The summed E-state index contributed by atoms with van der Waals surface area (Å²) in [6, 6.07) is 2.10. The number of aliphatic imine (C=N–C) groups is 1. The van der Waals surface area contributed by atoms with Gasteiger partial charge in [-0.2, -0.15) is 5.26 Å². The molecule has 0 amide bonds. The molecule has 0 unspecified atom stereocenters. The van der Waals surface area contributed by atoms with Crippen LogP contribution in [0.4, 0.5) is 0 Å². The maximum Gasteiger partial charge on any atom is 0.303 e. The zero-order chi connectivity index (χ0) is 11.1. The highest BCUT2D eigenvalue weighted by Gasteiger charge is 2.17. The molecule has 5 heteroatoms. The van der Waals surface area contributed by atoms with E-state index in [0.29, 0.717) is 19.5 Å². The molecule has 0 saturated carbocycles. The number of carbonyl (C=O) groups is 1. The number of amidine groups is 1. The summed E-state index contributed by atoms with van der Waals surface area (Å²) in [4.78, 5) is 16.5. The van der Waals surface area contributed by atoms with E-state index in [1.54, 1.807) is 0 Å². The van der Waals surface area contributed by atoms with Crippen molar-refractivity contribution in [3.8, 4) is 6.07 Å². The van der Waals surface area contributed by atoms with E-state index in [1.165, 1.54) is 0 Å². The largest absolute Gasteiger partial charge is 0.481 e. The molecule has 0 aromatic heterocycles. The fourth-order valence-corrected chi connectivity index (χ4v) is 1.59. The first-order valence-corrected chi connectivity index (χ1v) is 5.11. The molecule has 1 N–H and O–H groups in total. The molecule has 0 aromatic rings. The Kier molecular flexibility index (Phi) is 4.61. The molecular formula is C10H15N3O2. The Labute approximate surface area is 89.0 Å².